The molecule has 2 heterocycles. The number of hydrogen-bond acceptors (Lipinski definition) is 5. The highest BCUT2D eigenvalue weighted by Gasteiger charge is 2.29. The molecule has 6 nitrogen and oxygen atoms in total. The van der Waals surface area contributed by atoms with Crippen molar-refractivity contribution in [3.63, 3.8) is 0 Å². The van der Waals surface area contributed by atoms with E-state index in [1.807, 2.05) is 24.3 Å². The van der Waals surface area contributed by atoms with Crippen LogP contribution >= 0.6 is 0 Å². The highest BCUT2D eigenvalue weighted by Crippen LogP contribution is 2.44. The van der Waals surface area contributed by atoms with E-state index in [1.165, 1.54) is 22.3 Å². The van der Waals surface area contributed by atoms with Crippen LogP contribution in [-0.4, -0.2) is 29.2 Å². The summed E-state index contributed by atoms with van der Waals surface area (Å²) in [7, 11) is 0. The molecule has 0 atom stereocenters. The number of benzene rings is 2. The summed E-state index contributed by atoms with van der Waals surface area (Å²) in [6, 6.07) is 16.5. The maximum atomic E-state index is 12.3. The Morgan fingerprint density at radius 2 is 1.81 bits per heavy atom. The van der Waals surface area contributed by atoms with Crippen molar-refractivity contribution in [3.05, 3.63) is 71.4 Å². The largest absolute Gasteiger partial charge is 0.448 e. The molecule has 1 aliphatic carbocycles. The Morgan fingerprint density at radius 3 is 2.56 bits per heavy atom. The van der Waals surface area contributed by atoms with Gasteiger partial charge in [-0.15, -0.1) is 0 Å². The predicted octanol–water partition coefficient (Wildman–Crippen LogP) is 3.81. The van der Waals surface area contributed by atoms with E-state index in [4.69, 9.17) is 4.74 Å². The number of carbonyl (C=O) groups is 1. The average Bonchev–Trinajstić information content (AvgIpc) is 3.28. The minimum Gasteiger partial charge on any atom is -0.448 e. The van der Waals surface area contributed by atoms with Crippen molar-refractivity contribution in [2.24, 2.45) is 0 Å². The van der Waals surface area contributed by atoms with Crippen molar-refractivity contribution in [2.45, 2.75) is 12.3 Å². The Hall–Kier alpha value is -3.41. The fourth-order valence-corrected chi connectivity index (χ4v) is 3.84. The number of fused-ring (bicyclic) bond motifs is 4. The van der Waals surface area contributed by atoms with Gasteiger partial charge in [-0.2, -0.15) is 4.98 Å². The number of aromatic nitrogens is 2. The molecule has 5 rings (SSSR count). The zero-order valence-corrected chi connectivity index (χ0v) is 14.6. The average molecular weight is 358 g/mol. The van der Waals surface area contributed by atoms with E-state index in [1.54, 1.807) is 6.20 Å². The van der Waals surface area contributed by atoms with Crippen molar-refractivity contribution in [3.8, 4) is 11.1 Å². The molecule has 0 saturated heterocycles. The molecular weight excluding hydrogens is 340 g/mol. The van der Waals surface area contributed by atoms with Crippen LogP contribution in [0, 0.1) is 0 Å². The molecule has 1 aromatic heterocycles. The molecule has 1 aliphatic heterocycles. The summed E-state index contributed by atoms with van der Waals surface area (Å²) in [5, 5.41) is 5.79. The second kappa shape index (κ2) is 6.39. The molecule has 2 aromatic carbocycles. The van der Waals surface area contributed by atoms with Crippen LogP contribution in [0.5, 0.6) is 0 Å². The normalized spacial score (nSPS) is 14.1. The Kier molecular flexibility index (Phi) is 3.74. The van der Waals surface area contributed by atoms with Crippen molar-refractivity contribution in [2.75, 3.05) is 23.8 Å². The van der Waals surface area contributed by atoms with Gasteiger partial charge >= 0.3 is 6.09 Å². The molecule has 1 amide bonds. The molecule has 2 aliphatic rings. The third-order valence-electron chi connectivity index (χ3n) is 5.11. The third kappa shape index (κ3) is 2.79. The molecule has 0 fully saturated rings. The van der Waals surface area contributed by atoms with Gasteiger partial charge in [-0.25, -0.2) is 9.78 Å². The monoisotopic (exact) mass is 358 g/mol. The third-order valence-corrected chi connectivity index (χ3v) is 5.11. The lowest BCUT2D eigenvalue weighted by Gasteiger charge is -2.14. The highest BCUT2D eigenvalue weighted by atomic mass is 16.5. The van der Waals surface area contributed by atoms with E-state index in [2.05, 4.69) is 44.9 Å². The molecule has 27 heavy (non-hydrogen) atoms. The quantitative estimate of drug-likeness (QED) is 0.745. The molecule has 6 heteroatoms. The van der Waals surface area contributed by atoms with Gasteiger partial charge in [0.1, 0.15) is 12.4 Å². The van der Waals surface area contributed by atoms with Gasteiger partial charge in [-0.3, -0.25) is 5.32 Å². The maximum Gasteiger partial charge on any atom is 0.414 e. The summed E-state index contributed by atoms with van der Waals surface area (Å²) in [6.45, 7) is 1.11. The smallest absolute Gasteiger partial charge is 0.414 e. The van der Waals surface area contributed by atoms with Crippen LogP contribution in [0.15, 0.2) is 54.7 Å². The van der Waals surface area contributed by atoms with Crippen molar-refractivity contribution < 1.29 is 9.53 Å². The summed E-state index contributed by atoms with van der Waals surface area (Å²) < 4.78 is 5.51. The molecule has 134 valence electrons. The van der Waals surface area contributed by atoms with E-state index >= 15 is 0 Å². The maximum absolute atomic E-state index is 12.3. The van der Waals surface area contributed by atoms with Gasteiger partial charge < -0.3 is 10.1 Å². The first-order valence-corrected chi connectivity index (χ1v) is 9.01. The van der Waals surface area contributed by atoms with E-state index in [0.29, 0.717) is 0 Å². The van der Waals surface area contributed by atoms with Crippen LogP contribution < -0.4 is 10.6 Å². The summed E-state index contributed by atoms with van der Waals surface area (Å²) in [6.07, 6.45) is 2.09. The van der Waals surface area contributed by atoms with Crippen LogP contribution in [0.3, 0.4) is 0 Å². The van der Waals surface area contributed by atoms with Crippen LogP contribution in [0.1, 0.15) is 22.6 Å². The zero-order valence-electron chi connectivity index (χ0n) is 14.6. The van der Waals surface area contributed by atoms with Gasteiger partial charge in [0.25, 0.3) is 0 Å². The first kappa shape index (κ1) is 15.8. The lowest BCUT2D eigenvalue weighted by Crippen LogP contribution is -2.19. The van der Waals surface area contributed by atoms with Gasteiger partial charge in [-0.1, -0.05) is 48.5 Å². The molecular formula is C21H18N4O2. The van der Waals surface area contributed by atoms with Gasteiger partial charge in [0.05, 0.1) is 0 Å². The minimum atomic E-state index is -0.546. The van der Waals surface area contributed by atoms with Crippen LogP contribution in [-0.2, 0) is 11.2 Å². The molecule has 0 radical (unpaired) electrons. The number of carbonyl (C=O) groups excluding carboxylic acids is 1. The standard InChI is InChI=1S/C21H18N4O2/c26-21(25-20-23-11-13-9-10-22-19(13)24-20)27-12-18-16-7-3-1-5-14(16)15-6-2-4-8-17(15)18/h1-8,11,18H,9-10,12H2,(H2,22,23,24,25,26). The van der Waals surface area contributed by atoms with Gasteiger partial charge in [0.2, 0.25) is 5.95 Å². The van der Waals surface area contributed by atoms with E-state index in [0.717, 1.165) is 24.3 Å². The minimum absolute atomic E-state index is 0.0331. The van der Waals surface area contributed by atoms with E-state index in [-0.39, 0.29) is 18.5 Å². The predicted molar refractivity (Wildman–Crippen MR) is 103 cm³/mol. The van der Waals surface area contributed by atoms with Gasteiger partial charge in [0.15, 0.2) is 0 Å². The fraction of sp³-hybridized carbons (Fsp3) is 0.190. The van der Waals surface area contributed by atoms with Crippen LogP contribution in [0.25, 0.3) is 11.1 Å². The number of ether oxygens (including phenoxy) is 1. The molecule has 0 unspecified atom stereocenters. The molecule has 0 spiro atoms. The zero-order chi connectivity index (χ0) is 18.2. The first-order valence-electron chi connectivity index (χ1n) is 9.01. The lowest BCUT2D eigenvalue weighted by molar-refractivity contribution is 0.158. The Balaban J connectivity index is 1.31. The van der Waals surface area contributed by atoms with Crippen molar-refractivity contribution in [1.29, 1.82) is 0 Å². The number of hydrogen-bond donors (Lipinski definition) is 2. The Labute approximate surface area is 156 Å². The second-order valence-electron chi connectivity index (χ2n) is 6.69. The SMILES string of the molecule is O=C(Nc1ncc2c(n1)NCC2)OCC1c2ccccc2-c2ccccc21. The van der Waals surface area contributed by atoms with Crippen LogP contribution in [0.2, 0.25) is 0 Å². The van der Waals surface area contributed by atoms with Gasteiger partial charge in [0, 0.05) is 24.2 Å². The number of rotatable bonds is 3. The van der Waals surface area contributed by atoms with Crippen LogP contribution in [0.4, 0.5) is 16.6 Å². The van der Waals surface area contributed by atoms with Gasteiger partial charge in [-0.05, 0) is 28.7 Å². The Morgan fingerprint density at radius 1 is 1.11 bits per heavy atom. The number of nitrogens with one attached hydrogen (secondary N) is 2. The second-order valence-corrected chi connectivity index (χ2v) is 6.69. The summed E-state index contributed by atoms with van der Waals surface area (Å²) in [4.78, 5) is 20.7. The number of amides is 1. The topological polar surface area (TPSA) is 76.1 Å². The number of nitrogens with zero attached hydrogens (tertiary/aromatic N) is 2. The summed E-state index contributed by atoms with van der Waals surface area (Å²) in [5.74, 6) is 1.06. The molecule has 0 saturated carbocycles. The van der Waals surface area contributed by atoms with E-state index in [9.17, 15) is 4.79 Å². The lowest BCUT2D eigenvalue weighted by atomic mass is 9.98. The number of anilines is 2. The molecule has 0 bridgehead atoms. The summed E-state index contributed by atoms with van der Waals surface area (Å²) >= 11 is 0. The molecule has 2 N–H and O–H groups in total. The summed E-state index contributed by atoms with van der Waals surface area (Å²) in [5.41, 5.74) is 5.84. The Bertz CT molecular complexity index is 989. The van der Waals surface area contributed by atoms with Crippen molar-refractivity contribution in [1.82, 2.24) is 9.97 Å². The first-order chi connectivity index (χ1) is 13.3. The fourth-order valence-electron chi connectivity index (χ4n) is 3.84. The highest BCUT2D eigenvalue weighted by molar-refractivity contribution is 5.83. The van der Waals surface area contributed by atoms with Crippen molar-refractivity contribution >= 4 is 17.9 Å². The molecule has 3 aromatic rings. The van der Waals surface area contributed by atoms with E-state index < -0.39 is 6.09 Å².